The van der Waals surface area contributed by atoms with E-state index in [0.717, 1.165) is 0 Å². The van der Waals surface area contributed by atoms with Crippen molar-refractivity contribution < 1.29 is 9.18 Å². The van der Waals surface area contributed by atoms with Crippen molar-refractivity contribution in [3.05, 3.63) is 10.7 Å². The Bertz CT molecular complexity index is 206. The van der Waals surface area contributed by atoms with Gasteiger partial charge in [-0.25, -0.2) is 4.39 Å². The summed E-state index contributed by atoms with van der Waals surface area (Å²) in [4.78, 5) is 10.6. The van der Waals surface area contributed by atoms with Crippen molar-refractivity contribution >= 4 is 17.9 Å². The molecule has 0 aromatic rings. The standard InChI is InChI=1S/C8H14ClFN2O/c1-5(10)7(11-2)6(4-13)8(9)12-3/h4-5,7,11-12H,1-3H3/b8-6-. The molecule has 0 aliphatic heterocycles. The van der Waals surface area contributed by atoms with Gasteiger partial charge in [-0.1, -0.05) is 11.6 Å². The van der Waals surface area contributed by atoms with Crippen molar-refractivity contribution in [3.63, 3.8) is 0 Å². The fourth-order valence-electron chi connectivity index (χ4n) is 1.04. The largest absolute Gasteiger partial charge is 0.379 e. The summed E-state index contributed by atoms with van der Waals surface area (Å²) in [7, 11) is 3.14. The lowest BCUT2D eigenvalue weighted by molar-refractivity contribution is -0.105. The minimum atomic E-state index is -1.17. The van der Waals surface area contributed by atoms with Crippen LogP contribution >= 0.6 is 11.6 Å². The molecule has 76 valence electrons. The third-order valence-electron chi connectivity index (χ3n) is 1.71. The molecular formula is C8H14ClFN2O. The van der Waals surface area contributed by atoms with Crippen LogP contribution in [0.2, 0.25) is 0 Å². The Hall–Kier alpha value is -0.610. The molecule has 0 aromatic heterocycles. The molecule has 0 bridgehead atoms. The average Bonchev–Trinajstić information content (AvgIpc) is 2.12. The Morgan fingerprint density at radius 3 is 2.31 bits per heavy atom. The molecule has 0 radical (unpaired) electrons. The molecule has 0 fully saturated rings. The van der Waals surface area contributed by atoms with Crippen molar-refractivity contribution in [2.24, 2.45) is 0 Å². The molecule has 0 heterocycles. The predicted octanol–water partition coefficient (Wildman–Crippen LogP) is 0.801. The SMILES string of the molecule is CN/C(Cl)=C(/C=O)C(NC)C(C)F. The third kappa shape index (κ3) is 3.32. The van der Waals surface area contributed by atoms with Gasteiger partial charge in [0.15, 0.2) is 6.29 Å². The highest BCUT2D eigenvalue weighted by Crippen LogP contribution is 2.13. The minimum Gasteiger partial charge on any atom is -0.379 e. The van der Waals surface area contributed by atoms with Crippen LogP contribution < -0.4 is 10.6 Å². The molecule has 0 saturated heterocycles. The van der Waals surface area contributed by atoms with Crippen LogP contribution in [0, 0.1) is 0 Å². The number of nitrogens with one attached hydrogen (secondary N) is 2. The molecule has 2 atom stereocenters. The predicted molar refractivity (Wildman–Crippen MR) is 51.4 cm³/mol. The van der Waals surface area contributed by atoms with Crippen molar-refractivity contribution in [1.29, 1.82) is 0 Å². The summed E-state index contributed by atoms with van der Waals surface area (Å²) in [6.07, 6.45) is -0.622. The fourth-order valence-corrected chi connectivity index (χ4v) is 1.20. The van der Waals surface area contributed by atoms with Crippen LogP contribution in [0.15, 0.2) is 10.7 Å². The maximum absolute atomic E-state index is 13.0. The molecule has 2 unspecified atom stereocenters. The van der Waals surface area contributed by atoms with Crippen LogP contribution in [0.3, 0.4) is 0 Å². The first-order chi connectivity index (χ1) is 6.08. The van der Waals surface area contributed by atoms with E-state index in [-0.39, 0.29) is 10.7 Å². The van der Waals surface area contributed by atoms with E-state index in [1.807, 2.05) is 0 Å². The van der Waals surface area contributed by atoms with Gasteiger partial charge < -0.3 is 10.6 Å². The van der Waals surface area contributed by atoms with Crippen molar-refractivity contribution in [2.45, 2.75) is 19.1 Å². The van der Waals surface area contributed by atoms with E-state index in [2.05, 4.69) is 10.6 Å². The monoisotopic (exact) mass is 208 g/mol. The summed E-state index contributed by atoms with van der Waals surface area (Å²) in [5.41, 5.74) is 0.196. The van der Waals surface area contributed by atoms with Gasteiger partial charge in [0.05, 0.1) is 6.04 Å². The second-order valence-corrected chi connectivity index (χ2v) is 2.96. The van der Waals surface area contributed by atoms with E-state index in [9.17, 15) is 9.18 Å². The zero-order chi connectivity index (χ0) is 10.4. The van der Waals surface area contributed by atoms with E-state index in [4.69, 9.17) is 11.6 Å². The van der Waals surface area contributed by atoms with Gasteiger partial charge in [0.1, 0.15) is 11.3 Å². The molecule has 0 saturated carbocycles. The molecular weight excluding hydrogens is 195 g/mol. The highest BCUT2D eigenvalue weighted by Gasteiger charge is 2.21. The second kappa shape index (κ2) is 5.94. The first kappa shape index (κ1) is 12.4. The molecule has 0 aromatic carbocycles. The van der Waals surface area contributed by atoms with Crippen LogP contribution in [-0.2, 0) is 4.79 Å². The number of hydrogen-bond acceptors (Lipinski definition) is 3. The minimum absolute atomic E-state index is 0.166. The first-order valence-corrected chi connectivity index (χ1v) is 4.30. The molecule has 13 heavy (non-hydrogen) atoms. The number of aldehydes is 1. The summed E-state index contributed by atoms with van der Waals surface area (Å²) in [5.74, 6) is 0. The van der Waals surface area contributed by atoms with Crippen LogP contribution in [0.5, 0.6) is 0 Å². The second-order valence-electron chi connectivity index (χ2n) is 2.58. The number of halogens is 2. The topological polar surface area (TPSA) is 41.1 Å². The van der Waals surface area contributed by atoms with Crippen molar-refractivity contribution in [2.75, 3.05) is 14.1 Å². The van der Waals surface area contributed by atoms with Gasteiger partial charge in [0.25, 0.3) is 0 Å². The average molecular weight is 209 g/mol. The maximum atomic E-state index is 13.0. The maximum Gasteiger partial charge on any atom is 0.150 e. The highest BCUT2D eigenvalue weighted by molar-refractivity contribution is 6.30. The zero-order valence-electron chi connectivity index (χ0n) is 7.90. The van der Waals surface area contributed by atoms with Crippen LogP contribution in [0.25, 0.3) is 0 Å². The molecule has 0 amide bonds. The van der Waals surface area contributed by atoms with Gasteiger partial charge in [0.2, 0.25) is 0 Å². The Morgan fingerprint density at radius 2 is 2.08 bits per heavy atom. The molecule has 2 N–H and O–H groups in total. The zero-order valence-corrected chi connectivity index (χ0v) is 8.65. The van der Waals surface area contributed by atoms with Gasteiger partial charge in [-0.05, 0) is 14.0 Å². The van der Waals surface area contributed by atoms with E-state index in [1.54, 1.807) is 14.1 Å². The molecule has 0 aliphatic rings. The summed E-state index contributed by atoms with van der Waals surface area (Å²) in [6, 6.07) is -0.669. The summed E-state index contributed by atoms with van der Waals surface area (Å²) < 4.78 is 13.0. The van der Waals surface area contributed by atoms with Gasteiger partial charge in [0, 0.05) is 12.6 Å². The molecule has 0 rings (SSSR count). The number of alkyl halides is 1. The van der Waals surface area contributed by atoms with E-state index < -0.39 is 12.2 Å². The number of carbonyl (C=O) groups excluding carboxylic acids is 1. The fraction of sp³-hybridized carbons (Fsp3) is 0.625. The summed E-state index contributed by atoms with van der Waals surface area (Å²) in [5, 5.41) is 5.44. The highest BCUT2D eigenvalue weighted by atomic mass is 35.5. The quantitative estimate of drug-likeness (QED) is 0.399. The number of likely N-dealkylation sites (N-methyl/N-ethyl adjacent to an activating group) is 1. The Kier molecular flexibility index (Phi) is 5.66. The van der Waals surface area contributed by atoms with Crippen molar-refractivity contribution in [1.82, 2.24) is 10.6 Å². The lowest BCUT2D eigenvalue weighted by Gasteiger charge is -2.18. The van der Waals surface area contributed by atoms with E-state index in [1.165, 1.54) is 6.92 Å². The van der Waals surface area contributed by atoms with E-state index in [0.29, 0.717) is 6.29 Å². The first-order valence-electron chi connectivity index (χ1n) is 3.92. The van der Waals surface area contributed by atoms with Crippen LogP contribution in [0.4, 0.5) is 4.39 Å². The summed E-state index contributed by atoms with van der Waals surface area (Å²) in [6.45, 7) is 1.37. The number of rotatable bonds is 5. The number of carbonyl (C=O) groups is 1. The lowest BCUT2D eigenvalue weighted by Crippen LogP contribution is -2.37. The smallest absolute Gasteiger partial charge is 0.150 e. The van der Waals surface area contributed by atoms with Crippen LogP contribution in [0.1, 0.15) is 6.92 Å². The number of hydrogen-bond donors (Lipinski definition) is 2. The Balaban J connectivity index is 4.82. The molecule has 0 aliphatic carbocycles. The van der Waals surface area contributed by atoms with Crippen molar-refractivity contribution in [3.8, 4) is 0 Å². The third-order valence-corrected chi connectivity index (χ3v) is 2.11. The lowest BCUT2D eigenvalue weighted by atomic mass is 10.1. The van der Waals surface area contributed by atoms with Gasteiger partial charge in [-0.15, -0.1) is 0 Å². The molecule has 0 spiro atoms. The summed E-state index contributed by atoms with van der Waals surface area (Å²) >= 11 is 5.68. The van der Waals surface area contributed by atoms with Gasteiger partial charge in [-0.3, -0.25) is 4.79 Å². The Labute approximate surface area is 82.3 Å². The van der Waals surface area contributed by atoms with Gasteiger partial charge >= 0.3 is 0 Å². The van der Waals surface area contributed by atoms with Gasteiger partial charge in [-0.2, -0.15) is 0 Å². The Morgan fingerprint density at radius 1 is 1.54 bits per heavy atom. The van der Waals surface area contributed by atoms with E-state index >= 15 is 0 Å². The molecule has 5 heteroatoms. The normalized spacial score (nSPS) is 17.3. The van der Waals surface area contributed by atoms with Crippen LogP contribution in [-0.4, -0.2) is 32.6 Å². The molecule has 3 nitrogen and oxygen atoms in total.